The predicted molar refractivity (Wildman–Crippen MR) is 102 cm³/mol. The molecule has 1 aliphatic heterocycles. The molecule has 28 heavy (non-hydrogen) atoms. The van der Waals surface area contributed by atoms with Crippen LogP contribution in [0.3, 0.4) is 0 Å². The van der Waals surface area contributed by atoms with Gasteiger partial charge in [-0.15, -0.1) is 0 Å². The van der Waals surface area contributed by atoms with Crippen molar-refractivity contribution >= 4 is 23.4 Å². The van der Waals surface area contributed by atoms with Crippen molar-refractivity contribution < 1.29 is 14.0 Å². The second kappa shape index (κ2) is 9.07. The zero-order valence-corrected chi connectivity index (χ0v) is 16.2. The molecule has 1 aromatic heterocycles. The normalized spacial score (nSPS) is 17.2. The first-order chi connectivity index (χ1) is 13.5. The van der Waals surface area contributed by atoms with Crippen LogP contribution in [0.2, 0.25) is 5.02 Å². The maximum atomic E-state index is 14.2. The van der Waals surface area contributed by atoms with Crippen molar-refractivity contribution in [3.05, 3.63) is 58.9 Å². The van der Waals surface area contributed by atoms with Crippen LogP contribution in [0.25, 0.3) is 0 Å². The number of hydrogen-bond donors (Lipinski definition) is 1. The number of nitrogens with one attached hydrogen (secondary N) is 1. The van der Waals surface area contributed by atoms with E-state index in [1.807, 2.05) is 0 Å². The van der Waals surface area contributed by atoms with E-state index >= 15 is 0 Å². The molecule has 1 aromatic carbocycles. The average molecular weight is 406 g/mol. The lowest BCUT2D eigenvalue weighted by molar-refractivity contribution is -0.138. The Balaban J connectivity index is 1.70. The summed E-state index contributed by atoms with van der Waals surface area (Å²) in [6, 6.07) is 5.52. The number of nitrogens with zero attached hydrogens (tertiary/aromatic N) is 4. The van der Waals surface area contributed by atoms with Crippen LogP contribution in [0.4, 0.5) is 4.39 Å². The second-order valence-electron chi connectivity index (χ2n) is 6.63. The van der Waals surface area contributed by atoms with Gasteiger partial charge in [0.05, 0.1) is 24.7 Å². The lowest BCUT2D eigenvalue weighted by atomic mass is 10.1. The highest BCUT2D eigenvalue weighted by molar-refractivity contribution is 6.31. The summed E-state index contributed by atoms with van der Waals surface area (Å²) >= 11 is 6.12. The summed E-state index contributed by atoms with van der Waals surface area (Å²) in [7, 11) is 1.66. The zero-order valence-electron chi connectivity index (χ0n) is 15.4. The Hall–Kier alpha value is -2.58. The molecule has 0 saturated carbocycles. The summed E-state index contributed by atoms with van der Waals surface area (Å²) in [5.41, 5.74) is 1.03. The van der Waals surface area contributed by atoms with E-state index in [9.17, 15) is 14.0 Å². The third kappa shape index (κ3) is 4.82. The van der Waals surface area contributed by atoms with Crippen molar-refractivity contribution in [3.63, 3.8) is 0 Å². The minimum absolute atomic E-state index is 0.0144. The predicted octanol–water partition coefficient (Wildman–Crippen LogP) is 1.62. The van der Waals surface area contributed by atoms with Crippen molar-refractivity contribution in [2.75, 3.05) is 20.1 Å². The van der Waals surface area contributed by atoms with Crippen LogP contribution in [-0.2, 0) is 22.7 Å². The Kier molecular flexibility index (Phi) is 6.53. The molecular formula is C19H21ClFN5O2. The lowest BCUT2D eigenvalue weighted by Crippen LogP contribution is -2.56. The third-order valence-corrected chi connectivity index (χ3v) is 5.05. The van der Waals surface area contributed by atoms with Crippen molar-refractivity contribution in [2.24, 2.45) is 0 Å². The topological polar surface area (TPSA) is 78.4 Å². The first kappa shape index (κ1) is 20.2. The Bertz CT molecular complexity index is 831. The van der Waals surface area contributed by atoms with Crippen LogP contribution < -0.4 is 5.32 Å². The molecule has 1 aliphatic rings. The number of hydrogen-bond acceptors (Lipinski definition) is 5. The summed E-state index contributed by atoms with van der Waals surface area (Å²) in [4.78, 5) is 36.3. The van der Waals surface area contributed by atoms with Gasteiger partial charge in [-0.1, -0.05) is 17.7 Å². The van der Waals surface area contributed by atoms with Crippen LogP contribution in [0.15, 0.2) is 36.8 Å². The van der Waals surface area contributed by atoms with Crippen molar-refractivity contribution in [2.45, 2.75) is 25.6 Å². The zero-order chi connectivity index (χ0) is 20.1. The van der Waals surface area contributed by atoms with E-state index < -0.39 is 11.9 Å². The number of benzene rings is 1. The Labute approximate surface area is 167 Å². The summed E-state index contributed by atoms with van der Waals surface area (Å²) in [6.45, 7) is 1.41. The fourth-order valence-electron chi connectivity index (χ4n) is 3.12. The van der Waals surface area contributed by atoms with Crippen molar-refractivity contribution in [1.82, 2.24) is 25.1 Å². The number of carbonyl (C=O) groups excluding carboxylic acids is 2. The molecule has 1 N–H and O–H groups in total. The Morgan fingerprint density at radius 1 is 1.43 bits per heavy atom. The van der Waals surface area contributed by atoms with E-state index in [1.165, 1.54) is 23.4 Å². The molecule has 0 bridgehead atoms. The molecule has 0 spiro atoms. The van der Waals surface area contributed by atoms with Gasteiger partial charge in [0, 0.05) is 43.5 Å². The van der Waals surface area contributed by atoms with Crippen LogP contribution in [0.1, 0.15) is 17.7 Å². The molecule has 148 valence electrons. The van der Waals surface area contributed by atoms with Crippen LogP contribution in [0, 0.1) is 5.82 Å². The number of amides is 2. The molecule has 1 atom stereocenters. The van der Waals surface area contributed by atoms with Gasteiger partial charge in [-0.25, -0.2) is 14.4 Å². The minimum Gasteiger partial charge on any atom is -0.353 e. The van der Waals surface area contributed by atoms with Gasteiger partial charge in [0.1, 0.15) is 12.1 Å². The lowest BCUT2D eigenvalue weighted by Gasteiger charge is -2.35. The summed E-state index contributed by atoms with van der Waals surface area (Å²) < 4.78 is 14.2. The maximum Gasteiger partial charge on any atom is 0.237 e. The van der Waals surface area contributed by atoms with Gasteiger partial charge in [0.25, 0.3) is 0 Å². The van der Waals surface area contributed by atoms with E-state index in [-0.39, 0.29) is 24.8 Å². The molecule has 2 amide bonds. The highest BCUT2D eigenvalue weighted by atomic mass is 35.5. The SMILES string of the molecule is CN(Cc1ccncn1)C(=O)CC1C(=O)NCCN1Cc1c(F)cccc1Cl. The molecule has 1 fully saturated rings. The maximum absolute atomic E-state index is 14.2. The number of carbonyl (C=O) groups is 2. The monoisotopic (exact) mass is 405 g/mol. The average Bonchev–Trinajstić information content (AvgIpc) is 2.68. The highest BCUT2D eigenvalue weighted by Gasteiger charge is 2.33. The van der Waals surface area contributed by atoms with Crippen LogP contribution >= 0.6 is 11.6 Å². The molecule has 2 heterocycles. The summed E-state index contributed by atoms with van der Waals surface area (Å²) in [6.07, 6.45) is 3.01. The van der Waals surface area contributed by atoms with Crippen LogP contribution in [-0.4, -0.2) is 57.8 Å². The number of piperazine rings is 1. The number of rotatable bonds is 6. The second-order valence-corrected chi connectivity index (χ2v) is 7.04. The fourth-order valence-corrected chi connectivity index (χ4v) is 3.35. The molecule has 9 heteroatoms. The smallest absolute Gasteiger partial charge is 0.237 e. The molecule has 1 unspecified atom stereocenters. The first-order valence-corrected chi connectivity index (χ1v) is 9.27. The largest absolute Gasteiger partial charge is 0.353 e. The van der Waals surface area contributed by atoms with Crippen molar-refractivity contribution in [3.8, 4) is 0 Å². The molecule has 0 aliphatic carbocycles. The van der Waals surface area contributed by atoms with Gasteiger partial charge >= 0.3 is 0 Å². The van der Waals surface area contributed by atoms with Gasteiger partial charge in [-0.05, 0) is 18.2 Å². The molecule has 7 nitrogen and oxygen atoms in total. The fraction of sp³-hybridized carbons (Fsp3) is 0.368. The quantitative estimate of drug-likeness (QED) is 0.790. The van der Waals surface area contributed by atoms with E-state index in [1.54, 1.807) is 30.3 Å². The Morgan fingerprint density at radius 2 is 2.25 bits per heavy atom. The molecule has 3 rings (SSSR count). The van der Waals surface area contributed by atoms with E-state index in [0.717, 1.165) is 0 Å². The number of halogens is 2. The third-order valence-electron chi connectivity index (χ3n) is 4.70. The van der Waals surface area contributed by atoms with E-state index in [4.69, 9.17) is 11.6 Å². The molecular weight excluding hydrogens is 385 g/mol. The van der Waals surface area contributed by atoms with E-state index in [2.05, 4.69) is 15.3 Å². The highest BCUT2D eigenvalue weighted by Crippen LogP contribution is 2.23. The van der Waals surface area contributed by atoms with Crippen LogP contribution in [0.5, 0.6) is 0 Å². The van der Waals surface area contributed by atoms with Gasteiger partial charge in [-0.2, -0.15) is 0 Å². The molecule has 2 aromatic rings. The Morgan fingerprint density at radius 3 is 2.96 bits per heavy atom. The summed E-state index contributed by atoms with van der Waals surface area (Å²) in [5, 5.41) is 3.08. The molecule has 1 saturated heterocycles. The van der Waals surface area contributed by atoms with Gasteiger partial charge in [0.2, 0.25) is 11.8 Å². The van der Waals surface area contributed by atoms with Crippen molar-refractivity contribution in [1.29, 1.82) is 0 Å². The molecule has 0 radical (unpaired) electrons. The van der Waals surface area contributed by atoms with Gasteiger partial charge < -0.3 is 10.2 Å². The minimum atomic E-state index is -0.690. The van der Waals surface area contributed by atoms with E-state index in [0.29, 0.717) is 35.9 Å². The number of aromatic nitrogens is 2. The van der Waals surface area contributed by atoms with Gasteiger partial charge in [0.15, 0.2) is 0 Å². The van der Waals surface area contributed by atoms with Gasteiger partial charge in [-0.3, -0.25) is 14.5 Å². The first-order valence-electron chi connectivity index (χ1n) is 8.89. The standard InChI is InChI=1S/C19H21ClFN5O2/c1-25(10-13-5-6-22-12-24-13)18(27)9-17-19(28)23-7-8-26(17)11-14-15(20)3-2-4-16(14)21/h2-6,12,17H,7-11H2,1H3,(H,23,28). The summed E-state index contributed by atoms with van der Waals surface area (Å²) in [5.74, 6) is -0.878.